The summed E-state index contributed by atoms with van der Waals surface area (Å²) in [5, 5.41) is 0.694. The van der Waals surface area contributed by atoms with Crippen molar-refractivity contribution in [3.05, 3.63) is 63.9 Å². The zero-order valence-electron chi connectivity index (χ0n) is 18.9. The van der Waals surface area contributed by atoms with Crippen molar-refractivity contribution in [2.75, 3.05) is 6.61 Å². The van der Waals surface area contributed by atoms with Gasteiger partial charge in [-0.1, -0.05) is 55.1 Å². The summed E-state index contributed by atoms with van der Waals surface area (Å²) < 4.78 is 10.9. The number of Topliss-reactive ketones (excluding diaryl/α,β-unsaturated/α-hetero) is 1. The topological polar surface area (TPSA) is 52.6 Å². The second-order valence-corrected chi connectivity index (χ2v) is 9.36. The van der Waals surface area contributed by atoms with Gasteiger partial charge in [-0.2, -0.15) is 0 Å². The number of ketones is 1. The molecule has 0 atom stereocenters. The van der Waals surface area contributed by atoms with Gasteiger partial charge in [0.05, 0.1) is 12.2 Å². The number of halogens is 1. The van der Waals surface area contributed by atoms with E-state index in [1.807, 2.05) is 38.1 Å². The predicted molar refractivity (Wildman–Crippen MR) is 127 cm³/mol. The fraction of sp³-hybridized carbons (Fsp3) is 0.407. The first-order chi connectivity index (χ1) is 15.3. The van der Waals surface area contributed by atoms with Gasteiger partial charge in [0.1, 0.15) is 5.76 Å². The first-order valence-corrected chi connectivity index (χ1v) is 11.7. The maximum absolute atomic E-state index is 13.4. The maximum atomic E-state index is 13.4. The Labute approximate surface area is 194 Å². The van der Waals surface area contributed by atoms with Crippen LogP contribution in [0.2, 0.25) is 5.02 Å². The maximum Gasteiger partial charge on any atom is 0.513 e. The molecule has 0 heterocycles. The Bertz CT molecular complexity index is 1050. The average Bonchev–Trinajstić information content (AvgIpc) is 2.99. The van der Waals surface area contributed by atoms with Gasteiger partial charge < -0.3 is 9.47 Å². The lowest BCUT2D eigenvalue weighted by Crippen LogP contribution is -2.27. The lowest BCUT2D eigenvalue weighted by Gasteiger charge is -2.34. The summed E-state index contributed by atoms with van der Waals surface area (Å²) in [5.74, 6) is 0.572. The molecule has 2 aliphatic carbocycles. The van der Waals surface area contributed by atoms with Crippen molar-refractivity contribution in [1.82, 2.24) is 0 Å². The molecule has 2 aliphatic rings. The number of hydrogen-bond donors (Lipinski definition) is 0. The minimum atomic E-state index is -0.729. The molecular formula is C27H29ClO4. The van der Waals surface area contributed by atoms with Crippen molar-refractivity contribution in [2.24, 2.45) is 5.41 Å². The monoisotopic (exact) mass is 452 g/mol. The Morgan fingerprint density at radius 2 is 1.62 bits per heavy atom. The average molecular weight is 453 g/mol. The molecule has 0 amide bonds. The molecule has 0 aromatic heterocycles. The van der Waals surface area contributed by atoms with Crippen molar-refractivity contribution in [3.8, 4) is 11.1 Å². The molecule has 32 heavy (non-hydrogen) atoms. The van der Waals surface area contributed by atoms with Gasteiger partial charge in [-0.3, -0.25) is 4.79 Å². The van der Waals surface area contributed by atoms with E-state index in [2.05, 4.69) is 12.1 Å². The van der Waals surface area contributed by atoms with E-state index in [9.17, 15) is 9.59 Å². The molecular weight excluding hydrogens is 424 g/mol. The summed E-state index contributed by atoms with van der Waals surface area (Å²) in [6.07, 6.45) is 4.59. The molecule has 2 aromatic rings. The minimum absolute atomic E-state index is 0.0524. The SMILES string of the molecule is CCOC(=O)OC1=C(c2c(C)cc(-c3ccc(Cl)cc3)cc2C)C(=O)CC12CCCCC2. The Morgan fingerprint density at radius 1 is 1.00 bits per heavy atom. The van der Waals surface area contributed by atoms with E-state index in [0.29, 0.717) is 22.8 Å². The van der Waals surface area contributed by atoms with Crippen molar-refractivity contribution in [2.45, 2.75) is 59.3 Å². The fourth-order valence-electron chi connectivity index (χ4n) is 5.31. The predicted octanol–water partition coefficient (Wildman–Crippen LogP) is 7.43. The van der Waals surface area contributed by atoms with Gasteiger partial charge in [0.2, 0.25) is 0 Å². The van der Waals surface area contributed by atoms with Gasteiger partial charge in [-0.15, -0.1) is 0 Å². The highest BCUT2D eigenvalue weighted by Gasteiger charge is 2.49. The van der Waals surface area contributed by atoms with Crippen LogP contribution in [0.25, 0.3) is 16.7 Å². The Kier molecular flexibility index (Phi) is 6.43. The smallest absolute Gasteiger partial charge is 0.434 e. The van der Waals surface area contributed by atoms with Crippen LogP contribution in [-0.2, 0) is 14.3 Å². The van der Waals surface area contributed by atoms with E-state index >= 15 is 0 Å². The van der Waals surface area contributed by atoms with E-state index < -0.39 is 11.6 Å². The molecule has 1 fully saturated rings. The van der Waals surface area contributed by atoms with E-state index in [0.717, 1.165) is 59.9 Å². The van der Waals surface area contributed by atoms with Gasteiger partial charge in [-0.25, -0.2) is 4.79 Å². The number of aryl methyl sites for hydroxylation is 2. The summed E-state index contributed by atoms with van der Waals surface area (Å²) in [6.45, 7) is 6.00. The molecule has 5 heteroatoms. The summed E-state index contributed by atoms with van der Waals surface area (Å²) in [4.78, 5) is 25.7. The van der Waals surface area contributed by atoms with Gasteiger partial charge in [-0.05, 0) is 73.6 Å². The molecule has 0 unspecified atom stereocenters. The zero-order chi connectivity index (χ0) is 22.9. The van der Waals surface area contributed by atoms with Crippen LogP contribution in [0.1, 0.15) is 62.1 Å². The van der Waals surface area contributed by atoms with Crippen molar-refractivity contribution < 1.29 is 19.1 Å². The van der Waals surface area contributed by atoms with Crippen LogP contribution in [0.3, 0.4) is 0 Å². The molecule has 0 aliphatic heterocycles. The summed E-state index contributed by atoms with van der Waals surface area (Å²) >= 11 is 6.04. The van der Waals surface area contributed by atoms with Crippen LogP contribution in [-0.4, -0.2) is 18.5 Å². The highest BCUT2D eigenvalue weighted by molar-refractivity contribution is 6.30. The van der Waals surface area contributed by atoms with E-state index in [-0.39, 0.29) is 12.4 Å². The number of carbonyl (C=O) groups is 2. The van der Waals surface area contributed by atoms with Crippen LogP contribution < -0.4 is 0 Å². The molecule has 1 saturated carbocycles. The van der Waals surface area contributed by atoms with E-state index in [4.69, 9.17) is 21.1 Å². The van der Waals surface area contributed by atoms with Crippen LogP contribution in [0, 0.1) is 19.3 Å². The molecule has 2 aromatic carbocycles. The van der Waals surface area contributed by atoms with E-state index in [1.54, 1.807) is 6.92 Å². The molecule has 0 radical (unpaired) electrons. The Morgan fingerprint density at radius 3 is 2.22 bits per heavy atom. The number of carbonyl (C=O) groups excluding carboxylic acids is 2. The normalized spacial score (nSPS) is 17.7. The molecule has 168 valence electrons. The first kappa shape index (κ1) is 22.6. The second-order valence-electron chi connectivity index (χ2n) is 8.92. The van der Waals surface area contributed by atoms with Crippen LogP contribution >= 0.6 is 11.6 Å². The van der Waals surface area contributed by atoms with Crippen molar-refractivity contribution in [3.63, 3.8) is 0 Å². The quantitative estimate of drug-likeness (QED) is 0.452. The number of ether oxygens (including phenoxy) is 2. The number of allylic oxidation sites excluding steroid dienone is 2. The third kappa shape index (κ3) is 4.21. The standard InChI is InChI=1S/C27H29ClO4/c1-4-31-26(30)32-25-24(22(29)16-27(25)12-6-5-7-13-27)23-17(2)14-20(15-18(23)3)19-8-10-21(28)11-9-19/h8-11,14-15H,4-7,12-13,16H2,1-3H3. The van der Waals surface area contributed by atoms with Gasteiger partial charge in [0, 0.05) is 16.9 Å². The van der Waals surface area contributed by atoms with Crippen molar-refractivity contribution >= 4 is 29.1 Å². The summed E-state index contributed by atoms with van der Waals surface area (Å²) in [5.41, 5.74) is 5.11. The third-order valence-electron chi connectivity index (χ3n) is 6.71. The largest absolute Gasteiger partial charge is 0.513 e. The molecule has 0 saturated heterocycles. The number of benzene rings is 2. The van der Waals surface area contributed by atoms with Crippen LogP contribution in [0.15, 0.2) is 42.2 Å². The van der Waals surface area contributed by atoms with Gasteiger partial charge >= 0.3 is 6.16 Å². The highest BCUT2D eigenvalue weighted by atomic mass is 35.5. The zero-order valence-corrected chi connectivity index (χ0v) is 19.7. The molecule has 0 bridgehead atoms. The summed E-state index contributed by atoms with van der Waals surface area (Å²) in [7, 11) is 0. The van der Waals surface area contributed by atoms with Crippen LogP contribution in [0.4, 0.5) is 4.79 Å². The van der Waals surface area contributed by atoms with Gasteiger partial charge in [0.25, 0.3) is 0 Å². The minimum Gasteiger partial charge on any atom is -0.434 e. The third-order valence-corrected chi connectivity index (χ3v) is 6.96. The Hall–Kier alpha value is -2.59. The second kappa shape index (κ2) is 9.11. The molecule has 0 N–H and O–H groups in total. The molecule has 4 rings (SSSR count). The van der Waals surface area contributed by atoms with Gasteiger partial charge in [0.15, 0.2) is 5.78 Å². The molecule has 1 spiro atoms. The Balaban J connectivity index is 1.84. The number of rotatable bonds is 4. The van der Waals surface area contributed by atoms with Crippen LogP contribution in [0.5, 0.6) is 0 Å². The fourth-order valence-corrected chi connectivity index (χ4v) is 5.44. The summed E-state index contributed by atoms with van der Waals surface area (Å²) in [6, 6.07) is 11.9. The number of hydrogen-bond acceptors (Lipinski definition) is 4. The highest BCUT2D eigenvalue weighted by Crippen LogP contribution is 2.54. The molecule has 4 nitrogen and oxygen atoms in total. The lowest BCUT2D eigenvalue weighted by atomic mass is 9.72. The first-order valence-electron chi connectivity index (χ1n) is 11.3. The van der Waals surface area contributed by atoms with Crippen molar-refractivity contribution in [1.29, 1.82) is 0 Å². The van der Waals surface area contributed by atoms with E-state index in [1.165, 1.54) is 0 Å². The lowest BCUT2D eigenvalue weighted by molar-refractivity contribution is -0.114.